The van der Waals surface area contributed by atoms with Crippen LogP contribution >= 0.6 is 15.9 Å². The molecule has 0 saturated heterocycles. The Labute approximate surface area is 218 Å². The number of esters is 2. The lowest BCUT2D eigenvalue weighted by Crippen LogP contribution is -2.38. The molecule has 1 aromatic heterocycles. The van der Waals surface area contributed by atoms with Gasteiger partial charge in [0.25, 0.3) is 0 Å². The number of hydrogen-bond acceptors (Lipinski definition) is 10. The van der Waals surface area contributed by atoms with Crippen molar-refractivity contribution in [2.45, 2.75) is 13.8 Å². The lowest BCUT2D eigenvalue weighted by Gasteiger charge is -2.21. The van der Waals surface area contributed by atoms with E-state index in [0.29, 0.717) is 22.8 Å². The van der Waals surface area contributed by atoms with Crippen LogP contribution in [-0.4, -0.2) is 73.4 Å². The van der Waals surface area contributed by atoms with Crippen molar-refractivity contribution in [3.05, 3.63) is 47.2 Å². The predicted molar refractivity (Wildman–Crippen MR) is 139 cm³/mol. The van der Waals surface area contributed by atoms with E-state index in [4.69, 9.17) is 18.9 Å². The molecule has 1 N–H and O–H groups in total. The third-order valence-electron chi connectivity index (χ3n) is 4.99. The van der Waals surface area contributed by atoms with Gasteiger partial charge in [0.15, 0.2) is 11.5 Å². The van der Waals surface area contributed by atoms with Crippen molar-refractivity contribution >= 4 is 50.3 Å². The summed E-state index contributed by atoms with van der Waals surface area (Å²) >= 11 is 3.47. The third-order valence-corrected chi connectivity index (χ3v) is 5.48. The summed E-state index contributed by atoms with van der Waals surface area (Å²) in [4.78, 5) is 34.3. The Morgan fingerprint density at radius 3 is 2.36 bits per heavy atom. The molecule has 0 atom stereocenters. The van der Waals surface area contributed by atoms with E-state index < -0.39 is 11.9 Å². The van der Waals surface area contributed by atoms with Crippen LogP contribution in [0.2, 0.25) is 0 Å². The molecule has 11 heteroatoms. The second kappa shape index (κ2) is 13.6. The molecule has 3 rings (SSSR count). The maximum absolute atomic E-state index is 12.0. The van der Waals surface area contributed by atoms with Gasteiger partial charge in [-0.15, -0.1) is 0 Å². The van der Waals surface area contributed by atoms with Crippen LogP contribution in [0.5, 0.6) is 11.5 Å². The van der Waals surface area contributed by atoms with Gasteiger partial charge in [0.05, 0.1) is 38.9 Å². The summed E-state index contributed by atoms with van der Waals surface area (Å²) < 4.78 is 22.5. The predicted octanol–water partition coefficient (Wildman–Crippen LogP) is 3.95. The van der Waals surface area contributed by atoms with E-state index in [1.807, 2.05) is 24.3 Å². The minimum atomic E-state index is -0.425. The van der Waals surface area contributed by atoms with Gasteiger partial charge in [-0.2, -0.15) is 0 Å². The Morgan fingerprint density at radius 2 is 1.72 bits per heavy atom. The Balaban J connectivity index is 1.78. The molecule has 0 bridgehead atoms. The Kier molecular flexibility index (Phi) is 10.3. The number of aromatic nitrogens is 2. The number of rotatable bonds is 13. The number of carbonyl (C=O) groups is 2. The van der Waals surface area contributed by atoms with Gasteiger partial charge in [-0.05, 0) is 38.1 Å². The SMILES string of the molecule is CCOC(=O)CN(CCOc1cc2c(Nc3cccc(Br)c3)ncnc2cc1OC)CC(=O)OCC. The molecule has 0 saturated carbocycles. The standard InChI is InChI=1S/C25H29BrN4O6/c1-4-34-23(31)14-30(15-24(32)35-5-2)9-10-36-22-12-19-20(13-21(22)33-3)27-16-28-25(19)29-18-8-6-7-17(26)11-18/h6-8,11-13,16H,4-5,9-10,14-15H2,1-3H3,(H,27,28,29). The zero-order valence-electron chi connectivity index (χ0n) is 20.5. The van der Waals surface area contributed by atoms with E-state index in [1.165, 1.54) is 6.33 Å². The van der Waals surface area contributed by atoms with Crippen LogP contribution in [0.1, 0.15) is 13.8 Å². The van der Waals surface area contributed by atoms with Gasteiger partial charge < -0.3 is 24.3 Å². The fraction of sp³-hybridized carbons (Fsp3) is 0.360. The molecule has 1 heterocycles. The highest BCUT2D eigenvalue weighted by Gasteiger charge is 2.17. The van der Waals surface area contributed by atoms with Crippen LogP contribution in [0.4, 0.5) is 11.5 Å². The first-order valence-corrected chi connectivity index (χ1v) is 12.2. The number of ether oxygens (including phenoxy) is 4. The summed E-state index contributed by atoms with van der Waals surface area (Å²) in [5, 5.41) is 4.04. The number of anilines is 2. The number of carbonyl (C=O) groups excluding carboxylic acids is 2. The fourth-order valence-corrected chi connectivity index (χ4v) is 3.82. The second-order valence-corrected chi connectivity index (χ2v) is 8.46. The molecular formula is C25H29BrN4O6. The maximum atomic E-state index is 12.0. The average molecular weight is 561 g/mol. The largest absolute Gasteiger partial charge is 0.493 e. The summed E-state index contributed by atoms with van der Waals surface area (Å²) in [7, 11) is 1.55. The van der Waals surface area contributed by atoms with E-state index in [1.54, 1.807) is 38.0 Å². The maximum Gasteiger partial charge on any atom is 0.320 e. The molecule has 0 spiro atoms. The molecule has 3 aromatic rings. The molecule has 36 heavy (non-hydrogen) atoms. The number of hydrogen-bond donors (Lipinski definition) is 1. The smallest absolute Gasteiger partial charge is 0.320 e. The number of halogens is 1. The van der Waals surface area contributed by atoms with E-state index in [9.17, 15) is 9.59 Å². The van der Waals surface area contributed by atoms with E-state index >= 15 is 0 Å². The highest BCUT2D eigenvalue weighted by molar-refractivity contribution is 9.10. The van der Waals surface area contributed by atoms with Gasteiger partial charge in [-0.3, -0.25) is 14.5 Å². The lowest BCUT2D eigenvalue weighted by atomic mass is 10.2. The van der Waals surface area contributed by atoms with Gasteiger partial charge in [-0.25, -0.2) is 9.97 Å². The number of methoxy groups -OCH3 is 1. The third kappa shape index (κ3) is 7.79. The number of benzene rings is 2. The topological polar surface area (TPSA) is 112 Å². The normalized spacial score (nSPS) is 10.8. The minimum absolute atomic E-state index is 0.0561. The summed E-state index contributed by atoms with van der Waals surface area (Å²) in [5.41, 5.74) is 1.54. The summed E-state index contributed by atoms with van der Waals surface area (Å²) in [6, 6.07) is 11.3. The average Bonchev–Trinajstić information content (AvgIpc) is 2.84. The molecule has 192 valence electrons. The van der Waals surface area contributed by atoms with E-state index in [2.05, 4.69) is 31.2 Å². The molecule has 0 radical (unpaired) electrons. The highest BCUT2D eigenvalue weighted by atomic mass is 79.9. The van der Waals surface area contributed by atoms with Crippen molar-refractivity contribution in [2.75, 3.05) is 51.9 Å². The lowest BCUT2D eigenvalue weighted by molar-refractivity contribution is -0.148. The van der Waals surface area contributed by atoms with Crippen LogP contribution < -0.4 is 14.8 Å². The minimum Gasteiger partial charge on any atom is -0.493 e. The van der Waals surface area contributed by atoms with Crippen molar-refractivity contribution in [3.8, 4) is 11.5 Å². The molecular weight excluding hydrogens is 532 g/mol. The van der Waals surface area contributed by atoms with Gasteiger partial charge >= 0.3 is 11.9 Å². The molecule has 2 aromatic carbocycles. The first-order chi connectivity index (χ1) is 17.4. The van der Waals surface area contributed by atoms with E-state index in [-0.39, 0.29) is 39.5 Å². The zero-order valence-corrected chi connectivity index (χ0v) is 22.0. The van der Waals surface area contributed by atoms with Crippen LogP contribution in [0.25, 0.3) is 10.9 Å². The quantitative estimate of drug-likeness (QED) is 0.308. The number of nitrogens with one attached hydrogen (secondary N) is 1. The molecule has 0 amide bonds. The van der Waals surface area contributed by atoms with Crippen LogP contribution in [-0.2, 0) is 19.1 Å². The second-order valence-electron chi connectivity index (χ2n) is 7.55. The Morgan fingerprint density at radius 1 is 1.00 bits per heavy atom. The molecule has 0 fully saturated rings. The summed E-state index contributed by atoms with van der Waals surface area (Å²) in [6.45, 7) is 4.33. The van der Waals surface area contributed by atoms with Crippen molar-refractivity contribution in [2.24, 2.45) is 0 Å². The van der Waals surface area contributed by atoms with Crippen LogP contribution in [0, 0.1) is 0 Å². The first kappa shape index (κ1) is 27.2. The van der Waals surface area contributed by atoms with Crippen molar-refractivity contribution in [1.29, 1.82) is 0 Å². The van der Waals surface area contributed by atoms with Gasteiger partial charge in [0.1, 0.15) is 18.8 Å². The Bertz CT molecular complexity index is 1170. The van der Waals surface area contributed by atoms with Gasteiger partial charge in [0, 0.05) is 28.2 Å². The number of fused-ring (bicyclic) bond motifs is 1. The Hall–Kier alpha value is -3.44. The number of nitrogens with zero attached hydrogens (tertiary/aromatic N) is 3. The van der Waals surface area contributed by atoms with Crippen molar-refractivity contribution in [1.82, 2.24) is 14.9 Å². The molecule has 0 aliphatic rings. The molecule has 0 aliphatic carbocycles. The van der Waals surface area contributed by atoms with Crippen LogP contribution in [0.15, 0.2) is 47.2 Å². The van der Waals surface area contributed by atoms with Crippen LogP contribution in [0.3, 0.4) is 0 Å². The monoisotopic (exact) mass is 560 g/mol. The van der Waals surface area contributed by atoms with Crippen molar-refractivity contribution in [3.63, 3.8) is 0 Å². The van der Waals surface area contributed by atoms with E-state index in [0.717, 1.165) is 15.5 Å². The van der Waals surface area contributed by atoms with Gasteiger partial charge in [0.2, 0.25) is 0 Å². The zero-order chi connectivity index (χ0) is 25.9. The molecule has 10 nitrogen and oxygen atoms in total. The first-order valence-electron chi connectivity index (χ1n) is 11.4. The molecule has 0 aliphatic heterocycles. The summed E-state index contributed by atoms with van der Waals surface area (Å²) in [5.74, 6) is 0.731. The van der Waals surface area contributed by atoms with Gasteiger partial charge in [-0.1, -0.05) is 22.0 Å². The molecule has 0 unspecified atom stereocenters. The highest BCUT2D eigenvalue weighted by Crippen LogP contribution is 2.35. The fourth-order valence-electron chi connectivity index (χ4n) is 3.42. The van der Waals surface area contributed by atoms with Crippen molar-refractivity contribution < 1.29 is 28.5 Å². The summed E-state index contributed by atoms with van der Waals surface area (Å²) in [6.07, 6.45) is 1.48.